The van der Waals surface area contributed by atoms with Gasteiger partial charge in [0, 0.05) is 19.1 Å². The Bertz CT molecular complexity index is 281. The molecular weight excluding hydrogens is 188 g/mol. The van der Waals surface area contributed by atoms with Gasteiger partial charge in [-0.05, 0) is 39.2 Å². The molecule has 0 spiro atoms. The van der Waals surface area contributed by atoms with Crippen LogP contribution in [0.25, 0.3) is 0 Å². The summed E-state index contributed by atoms with van der Waals surface area (Å²) in [6.45, 7) is 8.03. The third-order valence-electron chi connectivity index (χ3n) is 3.19. The zero-order chi connectivity index (χ0) is 10.7. The van der Waals surface area contributed by atoms with Crippen molar-refractivity contribution in [1.29, 1.82) is 0 Å². The quantitative estimate of drug-likeness (QED) is 0.753. The summed E-state index contributed by atoms with van der Waals surface area (Å²) in [5.74, 6) is 0.739. The van der Waals surface area contributed by atoms with Crippen molar-refractivity contribution in [3.8, 4) is 0 Å². The average molecular weight is 208 g/mol. The molecule has 4 heteroatoms. The van der Waals surface area contributed by atoms with E-state index < -0.39 is 0 Å². The van der Waals surface area contributed by atoms with E-state index in [-0.39, 0.29) is 0 Å². The summed E-state index contributed by atoms with van der Waals surface area (Å²) in [7, 11) is 0. The number of aromatic nitrogens is 3. The van der Waals surface area contributed by atoms with Crippen molar-refractivity contribution >= 4 is 0 Å². The Morgan fingerprint density at radius 2 is 2.33 bits per heavy atom. The summed E-state index contributed by atoms with van der Waals surface area (Å²) in [6.07, 6.45) is 6.07. The first kappa shape index (κ1) is 10.6. The first-order valence-corrected chi connectivity index (χ1v) is 5.82. The Kier molecular flexibility index (Phi) is 3.36. The van der Waals surface area contributed by atoms with Crippen LogP contribution in [0.1, 0.15) is 26.7 Å². The second-order valence-electron chi connectivity index (χ2n) is 4.71. The Hall–Kier alpha value is -0.900. The van der Waals surface area contributed by atoms with Gasteiger partial charge >= 0.3 is 0 Å². The zero-order valence-corrected chi connectivity index (χ0v) is 9.63. The van der Waals surface area contributed by atoms with E-state index in [2.05, 4.69) is 28.8 Å². The summed E-state index contributed by atoms with van der Waals surface area (Å²) in [6, 6.07) is 0.670. The summed E-state index contributed by atoms with van der Waals surface area (Å²) in [4.78, 5) is 6.54. The Morgan fingerprint density at radius 3 is 3.00 bits per heavy atom. The van der Waals surface area contributed by atoms with Gasteiger partial charge in [0.15, 0.2) is 0 Å². The van der Waals surface area contributed by atoms with E-state index in [0.29, 0.717) is 6.04 Å². The van der Waals surface area contributed by atoms with Crippen molar-refractivity contribution in [3.05, 3.63) is 12.7 Å². The maximum Gasteiger partial charge on any atom is 0.137 e. The molecule has 1 fully saturated rings. The normalized spacial score (nSPS) is 23.5. The van der Waals surface area contributed by atoms with Crippen LogP contribution in [0.15, 0.2) is 12.7 Å². The molecule has 2 heterocycles. The molecule has 0 aromatic carbocycles. The van der Waals surface area contributed by atoms with Gasteiger partial charge in [0.05, 0.1) is 0 Å². The topological polar surface area (TPSA) is 34.0 Å². The highest BCUT2D eigenvalue weighted by Crippen LogP contribution is 2.19. The first-order chi connectivity index (χ1) is 7.25. The van der Waals surface area contributed by atoms with Crippen molar-refractivity contribution in [1.82, 2.24) is 19.7 Å². The van der Waals surface area contributed by atoms with Crippen molar-refractivity contribution in [3.63, 3.8) is 0 Å². The van der Waals surface area contributed by atoms with Crippen LogP contribution in [0.4, 0.5) is 0 Å². The van der Waals surface area contributed by atoms with E-state index in [4.69, 9.17) is 0 Å². The fourth-order valence-electron chi connectivity index (χ4n) is 2.31. The van der Waals surface area contributed by atoms with Gasteiger partial charge in [-0.1, -0.05) is 0 Å². The fraction of sp³-hybridized carbons (Fsp3) is 0.818. The van der Waals surface area contributed by atoms with Crippen molar-refractivity contribution in [2.45, 2.75) is 39.3 Å². The van der Waals surface area contributed by atoms with E-state index in [1.165, 1.54) is 25.9 Å². The van der Waals surface area contributed by atoms with Crippen molar-refractivity contribution < 1.29 is 0 Å². The van der Waals surface area contributed by atoms with E-state index in [1.54, 1.807) is 6.33 Å². The summed E-state index contributed by atoms with van der Waals surface area (Å²) in [5.41, 5.74) is 0. The first-order valence-electron chi connectivity index (χ1n) is 5.82. The van der Waals surface area contributed by atoms with E-state index in [9.17, 15) is 0 Å². The highest BCUT2D eigenvalue weighted by atomic mass is 15.3. The molecule has 2 rings (SSSR count). The Balaban J connectivity index is 1.88. The number of likely N-dealkylation sites (tertiary alicyclic amines) is 1. The molecule has 1 saturated heterocycles. The highest BCUT2D eigenvalue weighted by Gasteiger charge is 2.21. The van der Waals surface area contributed by atoms with Gasteiger partial charge in [0.1, 0.15) is 12.7 Å². The third-order valence-corrected chi connectivity index (χ3v) is 3.19. The van der Waals surface area contributed by atoms with Crippen LogP contribution in [0.2, 0.25) is 0 Å². The van der Waals surface area contributed by atoms with E-state index in [1.807, 2.05) is 11.0 Å². The molecule has 84 valence electrons. The van der Waals surface area contributed by atoms with Crippen LogP contribution in [-0.2, 0) is 6.54 Å². The summed E-state index contributed by atoms with van der Waals surface area (Å²) in [5, 5.41) is 4.17. The average Bonchev–Trinajstić information content (AvgIpc) is 2.71. The summed E-state index contributed by atoms with van der Waals surface area (Å²) < 4.78 is 1.95. The number of hydrogen-bond donors (Lipinski definition) is 0. The number of piperidine rings is 1. The van der Waals surface area contributed by atoms with Gasteiger partial charge in [-0.3, -0.25) is 4.68 Å². The second kappa shape index (κ2) is 4.75. The predicted molar refractivity (Wildman–Crippen MR) is 59.5 cm³/mol. The standard InChI is InChI=1S/C11H20N4/c1-10(2)14-5-3-4-11(6-14)7-15-9-12-8-13-15/h8-11H,3-7H2,1-2H3. The second-order valence-corrected chi connectivity index (χ2v) is 4.71. The largest absolute Gasteiger partial charge is 0.301 e. The molecule has 15 heavy (non-hydrogen) atoms. The molecular formula is C11H20N4. The van der Waals surface area contributed by atoms with Crippen LogP contribution in [0, 0.1) is 5.92 Å². The van der Waals surface area contributed by atoms with Crippen LogP contribution in [0.5, 0.6) is 0 Å². The zero-order valence-electron chi connectivity index (χ0n) is 9.63. The van der Waals surface area contributed by atoms with Gasteiger partial charge in [-0.25, -0.2) is 4.98 Å². The molecule has 0 saturated carbocycles. The lowest BCUT2D eigenvalue weighted by Crippen LogP contribution is -2.41. The van der Waals surface area contributed by atoms with Crippen molar-refractivity contribution in [2.24, 2.45) is 5.92 Å². The SMILES string of the molecule is CC(C)N1CCCC(Cn2cncn2)C1. The molecule has 1 aliphatic rings. The number of hydrogen-bond acceptors (Lipinski definition) is 3. The Labute approximate surface area is 91.3 Å². The number of nitrogens with zero attached hydrogens (tertiary/aromatic N) is 4. The predicted octanol–water partition coefficient (Wildman–Crippen LogP) is 1.40. The maximum atomic E-state index is 4.17. The third kappa shape index (κ3) is 2.78. The smallest absolute Gasteiger partial charge is 0.137 e. The molecule has 1 aromatic heterocycles. The van der Waals surface area contributed by atoms with Gasteiger partial charge < -0.3 is 4.90 Å². The molecule has 1 aromatic rings. The molecule has 0 bridgehead atoms. The maximum absolute atomic E-state index is 4.17. The minimum Gasteiger partial charge on any atom is -0.301 e. The van der Waals surface area contributed by atoms with Gasteiger partial charge in [-0.2, -0.15) is 5.10 Å². The van der Waals surface area contributed by atoms with Crippen LogP contribution in [-0.4, -0.2) is 38.8 Å². The van der Waals surface area contributed by atoms with Gasteiger partial charge in [0.2, 0.25) is 0 Å². The highest BCUT2D eigenvalue weighted by molar-refractivity contribution is 4.75. The molecule has 4 nitrogen and oxygen atoms in total. The van der Waals surface area contributed by atoms with E-state index in [0.717, 1.165) is 12.5 Å². The molecule has 0 radical (unpaired) electrons. The monoisotopic (exact) mass is 208 g/mol. The van der Waals surface area contributed by atoms with Crippen LogP contribution < -0.4 is 0 Å². The molecule has 0 N–H and O–H groups in total. The molecule has 1 aliphatic heterocycles. The lowest BCUT2D eigenvalue weighted by molar-refractivity contribution is 0.128. The Morgan fingerprint density at radius 1 is 1.47 bits per heavy atom. The molecule has 1 unspecified atom stereocenters. The lowest BCUT2D eigenvalue weighted by atomic mass is 9.97. The lowest BCUT2D eigenvalue weighted by Gasteiger charge is -2.35. The fourth-order valence-corrected chi connectivity index (χ4v) is 2.31. The molecule has 1 atom stereocenters. The van der Waals surface area contributed by atoms with Gasteiger partial charge in [-0.15, -0.1) is 0 Å². The minimum atomic E-state index is 0.670. The van der Waals surface area contributed by atoms with Crippen molar-refractivity contribution in [2.75, 3.05) is 13.1 Å². The van der Waals surface area contributed by atoms with Crippen LogP contribution >= 0.6 is 0 Å². The molecule has 0 aliphatic carbocycles. The summed E-state index contributed by atoms with van der Waals surface area (Å²) >= 11 is 0. The molecule has 0 amide bonds. The number of rotatable bonds is 3. The minimum absolute atomic E-state index is 0.670. The van der Waals surface area contributed by atoms with Crippen LogP contribution in [0.3, 0.4) is 0 Å². The van der Waals surface area contributed by atoms with Gasteiger partial charge in [0.25, 0.3) is 0 Å². The van der Waals surface area contributed by atoms with E-state index >= 15 is 0 Å².